The highest BCUT2D eigenvalue weighted by molar-refractivity contribution is 9.10. The number of alkyl halides is 1. The molecule has 0 saturated carbocycles. The molecule has 0 radical (unpaired) electrons. The monoisotopic (exact) mass is 308 g/mol. The molecule has 6 heteroatoms. The Bertz CT molecular complexity index is 541. The molecule has 88 valence electrons. The number of rotatable bonds is 1. The molecule has 0 aromatic heterocycles. The van der Waals surface area contributed by atoms with Crippen molar-refractivity contribution in [2.24, 2.45) is 0 Å². The first-order valence-electron chi connectivity index (χ1n) is 4.66. The summed E-state index contributed by atoms with van der Waals surface area (Å²) in [4.78, 5) is 0.0124. The fraction of sp³-hybridized carbons (Fsp3) is 0.400. The predicted octanol–water partition coefficient (Wildman–Crippen LogP) is 1.78. The zero-order valence-electron chi connectivity index (χ0n) is 8.44. The minimum absolute atomic E-state index is 0.0124. The molecule has 3 nitrogen and oxygen atoms in total. The highest BCUT2D eigenvalue weighted by Crippen LogP contribution is 2.41. The highest BCUT2D eigenvalue weighted by Gasteiger charge is 2.36. The van der Waals surface area contributed by atoms with Crippen LogP contribution in [-0.2, 0) is 16.3 Å². The summed E-state index contributed by atoms with van der Waals surface area (Å²) in [5, 5.41) is 9.66. The van der Waals surface area contributed by atoms with E-state index in [2.05, 4.69) is 15.9 Å². The van der Waals surface area contributed by atoms with Crippen molar-refractivity contribution in [3.05, 3.63) is 27.7 Å². The maximum Gasteiger partial charge on any atom is 0.175 e. The van der Waals surface area contributed by atoms with Crippen LogP contribution in [0.15, 0.2) is 21.5 Å². The first kappa shape index (κ1) is 12.0. The molecule has 0 saturated heterocycles. The molecule has 0 amide bonds. The summed E-state index contributed by atoms with van der Waals surface area (Å²) in [6.07, 6.45) is -1.69. The number of hydrogen-bond donors (Lipinski definition) is 1. The van der Waals surface area contributed by atoms with Gasteiger partial charge in [0.15, 0.2) is 9.84 Å². The minimum atomic E-state index is -3.45. The van der Waals surface area contributed by atoms with Gasteiger partial charge in [-0.2, -0.15) is 0 Å². The van der Waals surface area contributed by atoms with Crippen molar-refractivity contribution in [3.63, 3.8) is 0 Å². The van der Waals surface area contributed by atoms with Crippen molar-refractivity contribution in [2.75, 3.05) is 6.26 Å². The molecule has 2 atom stereocenters. The molecule has 1 N–H and O–H groups in total. The number of hydrogen-bond acceptors (Lipinski definition) is 3. The van der Waals surface area contributed by atoms with Gasteiger partial charge in [0.05, 0.1) is 4.90 Å². The van der Waals surface area contributed by atoms with Gasteiger partial charge in [0.2, 0.25) is 0 Å². The minimum Gasteiger partial charge on any atom is -0.385 e. The Kier molecular flexibility index (Phi) is 2.84. The van der Waals surface area contributed by atoms with Crippen molar-refractivity contribution in [2.45, 2.75) is 23.6 Å². The Morgan fingerprint density at radius 1 is 1.50 bits per heavy atom. The molecule has 1 aromatic rings. The average molecular weight is 309 g/mol. The van der Waals surface area contributed by atoms with Crippen LogP contribution >= 0.6 is 15.9 Å². The zero-order chi connectivity index (χ0) is 12.1. The normalized spacial score (nSPS) is 24.5. The van der Waals surface area contributed by atoms with Gasteiger partial charge < -0.3 is 5.11 Å². The Morgan fingerprint density at radius 3 is 2.69 bits per heavy atom. The molecule has 0 spiro atoms. The molecule has 0 aliphatic heterocycles. The van der Waals surface area contributed by atoms with Crippen LogP contribution in [0.5, 0.6) is 0 Å². The fourth-order valence-corrected chi connectivity index (χ4v) is 3.43. The van der Waals surface area contributed by atoms with E-state index < -0.39 is 22.1 Å². The van der Waals surface area contributed by atoms with Crippen LogP contribution in [0, 0.1) is 0 Å². The van der Waals surface area contributed by atoms with E-state index in [9.17, 15) is 17.9 Å². The molecule has 16 heavy (non-hydrogen) atoms. The molecular weight excluding hydrogens is 299 g/mol. The lowest BCUT2D eigenvalue weighted by Gasteiger charge is -2.11. The van der Waals surface area contributed by atoms with Crippen LogP contribution in [0.25, 0.3) is 0 Å². The molecule has 1 aliphatic carbocycles. The molecule has 0 fully saturated rings. The summed E-state index contributed by atoms with van der Waals surface area (Å²) in [7, 11) is -3.45. The lowest BCUT2D eigenvalue weighted by Crippen LogP contribution is -2.10. The number of fused-ring (bicyclic) bond motifs is 1. The SMILES string of the molecule is CS(=O)(=O)c1ccc(Br)c2c1[C@H](O)C(F)C2. The van der Waals surface area contributed by atoms with Crippen LogP contribution in [0.1, 0.15) is 17.2 Å². The van der Waals surface area contributed by atoms with Gasteiger partial charge in [-0.05, 0) is 17.7 Å². The lowest BCUT2D eigenvalue weighted by molar-refractivity contribution is 0.0907. The number of halogens is 2. The van der Waals surface area contributed by atoms with E-state index in [1.807, 2.05) is 0 Å². The molecule has 1 aliphatic rings. The van der Waals surface area contributed by atoms with Crippen molar-refractivity contribution in [3.8, 4) is 0 Å². The second-order valence-corrected chi connectivity index (χ2v) is 6.71. The van der Waals surface area contributed by atoms with E-state index in [4.69, 9.17) is 0 Å². The van der Waals surface area contributed by atoms with Gasteiger partial charge in [0, 0.05) is 22.7 Å². The topological polar surface area (TPSA) is 54.4 Å². The van der Waals surface area contributed by atoms with Gasteiger partial charge in [-0.25, -0.2) is 12.8 Å². The van der Waals surface area contributed by atoms with E-state index in [0.29, 0.717) is 10.0 Å². The first-order valence-corrected chi connectivity index (χ1v) is 7.34. The second kappa shape index (κ2) is 3.78. The molecular formula is C10H10BrFO3S. The molecule has 1 unspecified atom stereocenters. The van der Waals surface area contributed by atoms with Crippen LogP contribution in [-0.4, -0.2) is 26.0 Å². The average Bonchev–Trinajstić information content (AvgIpc) is 2.44. The fourth-order valence-electron chi connectivity index (χ4n) is 1.96. The molecule has 0 bridgehead atoms. The van der Waals surface area contributed by atoms with E-state index >= 15 is 0 Å². The van der Waals surface area contributed by atoms with E-state index in [0.717, 1.165) is 6.26 Å². The zero-order valence-corrected chi connectivity index (χ0v) is 10.8. The number of benzene rings is 1. The number of aliphatic hydroxyl groups is 1. The van der Waals surface area contributed by atoms with Gasteiger partial charge in [-0.15, -0.1) is 0 Å². The second-order valence-electron chi connectivity index (χ2n) is 3.87. The third-order valence-electron chi connectivity index (χ3n) is 2.70. The van der Waals surface area contributed by atoms with Crippen molar-refractivity contribution >= 4 is 25.8 Å². The van der Waals surface area contributed by atoms with E-state index in [1.165, 1.54) is 6.07 Å². The number of aliphatic hydroxyl groups excluding tert-OH is 1. The maximum absolute atomic E-state index is 13.4. The quantitative estimate of drug-likeness (QED) is 0.860. The van der Waals surface area contributed by atoms with Crippen molar-refractivity contribution in [1.29, 1.82) is 0 Å². The van der Waals surface area contributed by atoms with Crippen LogP contribution in [0.4, 0.5) is 4.39 Å². The third kappa shape index (κ3) is 1.78. The molecule has 1 aromatic carbocycles. The predicted molar refractivity (Wildman–Crippen MR) is 60.8 cm³/mol. The van der Waals surface area contributed by atoms with Gasteiger partial charge in [-0.1, -0.05) is 15.9 Å². The van der Waals surface area contributed by atoms with Gasteiger partial charge in [0.1, 0.15) is 12.3 Å². The van der Waals surface area contributed by atoms with Crippen LogP contribution in [0.2, 0.25) is 0 Å². The summed E-state index contributed by atoms with van der Waals surface area (Å²) >= 11 is 3.23. The van der Waals surface area contributed by atoms with Crippen molar-refractivity contribution in [1.82, 2.24) is 0 Å². The van der Waals surface area contributed by atoms with Gasteiger partial charge >= 0.3 is 0 Å². The summed E-state index contributed by atoms with van der Waals surface area (Å²) in [6.45, 7) is 0. The summed E-state index contributed by atoms with van der Waals surface area (Å²) in [6, 6.07) is 2.96. The standard InChI is InChI=1S/C10H10BrFO3S/c1-16(14,15)8-3-2-6(11)5-4-7(12)10(13)9(5)8/h2-3,7,10,13H,4H2,1H3/t7?,10-/m1/s1. The van der Waals surface area contributed by atoms with E-state index in [-0.39, 0.29) is 16.9 Å². The highest BCUT2D eigenvalue weighted by atomic mass is 79.9. The van der Waals surface area contributed by atoms with Gasteiger partial charge in [0.25, 0.3) is 0 Å². The maximum atomic E-state index is 13.4. The summed E-state index contributed by atoms with van der Waals surface area (Å²) in [5.41, 5.74) is 0.743. The Hall–Kier alpha value is -0.460. The first-order chi connectivity index (χ1) is 7.32. The van der Waals surface area contributed by atoms with Gasteiger partial charge in [-0.3, -0.25) is 0 Å². The summed E-state index contributed by atoms with van der Waals surface area (Å²) < 4.78 is 37.0. The van der Waals surface area contributed by atoms with Crippen LogP contribution in [0.3, 0.4) is 0 Å². The Labute approximate surface area is 101 Å². The largest absolute Gasteiger partial charge is 0.385 e. The van der Waals surface area contributed by atoms with Crippen LogP contribution < -0.4 is 0 Å². The molecule has 2 rings (SSSR count). The van der Waals surface area contributed by atoms with Crippen molar-refractivity contribution < 1.29 is 17.9 Å². The van der Waals surface area contributed by atoms with E-state index in [1.54, 1.807) is 6.07 Å². The lowest BCUT2D eigenvalue weighted by atomic mass is 10.1. The smallest absolute Gasteiger partial charge is 0.175 e. The Morgan fingerprint density at radius 2 is 2.12 bits per heavy atom. The third-order valence-corrected chi connectivity index (χ3v) is 4.59. The Balaban J connectivity index is 2.75. The number of sulfone groups is 1. The summed E-state index contributed by atoms with van der Waals surface area (Å²) in [5.74, 6) is 0. The molecule has 0 heterocycles.